The second-order valence-corrected chi connectivity index (χ2v) is 9.98. The maximum Gasteiger partial charge on any atom is 0.143 e. The van der Waals surface area contributed by atoms with Crippen LogP contribution in [-0.4, -0.2) is 0 Å². The molecule has 0 unspecified atom stereocenters. The second kappa shape index (κ2) is 8.73. The minimum absolute atomic E-state index is 0.629. The van der Waals surface area contributed by atoms with Gasteiger partial charge in [0.1, 0.15) is 22.3 Å². The van der Waals surface area contributed by atoms with Crippen LogP contribution in [0.1, 0.15) is 5.56 Å². The van der Waals surface area contributed by atoms with E-state index in [0.29, 0.717) is 5.56 Å². The first-order valence-corrected chi connectivity index (χ1v) is 13.2. The zero-order valence-electron chi connectivity index (χ0n) is 21.4. The number of furan rings is 2. The van der Waals surface area contributed by atoms with Crippen molar-refractivity contribution in [1.29, 1.82) is 5.26 Å². The first kappa shape index (κ1) is 22.4. The number of rotatable bonds is 3. The van der Waals surface area contributed by atoms with Crippen LogP contribution in [0.3, 0.4) is 0 Å². The van der Waals surface area contributed by atoms with E-state index >= 15 is 0 Å². The van der Waals surface area contributed by atoms with Crippen LogP contribution in [0, 0.1) is 11.3 Å². The summed E-state index contributed by atoms with van der Waals surface area (Å²) in [7, 11) is 0. The third-order valence-corrected chi connectivity index (χ3v) is 7.77. The summed E-state index contributed by atoms with van der Waals surface area (Å²) >= 11 is 0. The Morgan fingerprint density at radius 2 is 1.10 bits per heavy atom. The molecule has 0 aliphatic heterocycles. The monoisotopic (exact) mass is 511 g/mol. The fraction of sp³-hybridized carbons (Fsp3) is 0. The summed E-state index contributed by atoms with van der Waals surface area (Å²) in [5, 5.41) is 14.4. The maximum absolute atomic E-state index is 10.0. The topological polar surface area (TPSA) is 50.1 Å². The van der Waals surface area contributed by atoms with Gasteiger partial charge in [-0.05, 0) is 52.6 Å². The first-order chi connectivity index (χ1) is 19.8. The van der Waals surface area contributed by atoms with Gasteiger partial charge in [0, 0.05) is 32.7 Å². The molecule has 8 rings (SSSR count). The number of nitriles is 1. The maximum atomic E-state index is 10.0. The minimum Gasteiger partial charge on any atom is -0.456 e. The SMILES string of the molecule is N#Cc1ccccc1-c1cc(-c2cccc3oc4ccccc4c23)ccc1-c1cccc2c1oc1ccccc12. The smallest absolute Gasteiger partial charge is 0.143 e. The highest BCUT2D eigenvalue weighted by atomic mass is 16.3. The molecule has 40 heavy (non-hydrogen) atoms. The van der Waals surface area contributed by atoms with Gasteiger partial charge in [-0.2, -0.15) is 5.26 Å². The van der Waals surface area contributed by atoms with Gasteiger partial charge in [-0.15, -0.1) is 0 Å². The number of para-hydroxylation sites is 3. The largest absolute Gasteiger partial charge is 0.456 e. The van der Waals surface area contributed by atoms with Crippen molar-refractivity contribution in [2.75, 3.05) is 0 Å². The summed E-state index contributed by atoms with van der Waals surface area (Å²) in [6.45, 7) is 0. The van der Waals surface area contributed by atoms with E-state index < -0.39 is 0 Å². The standard InChI is InChI=1S/C37H21NO2/c38-22-24-9-1-2-10-25(24)32-21-23(26-13-8-18-35-36(26)31-12-4-6-17-34(31)39-35)19-20-27(32)29-14-7-15-30-28-11-3-5-16-33(28)40-37(29)30/h1-21H. The predicted octanol–water partition coefficient (Wildman–Crippen LogP) is 10.4. The number of benzene rings is 6. The molecule has 0 aliphatic carbocycles. The Kier molecular flexibility index (Phi) is 4.89. The normalized spacial score (nSPS) is 11.5. The van der Waals surface area contributed by atoms with Gasteiger partial charge in [0.25, 0.3) is 0 Å². The number of hydrogen-bond donors (Lipinski definition) is 0. The molecule has 2 heterocycles. The Balaban J connectivity index is 1.44. The van der Waals surface area contributed by atoms with Crippen molar-refractivity contribution in [3.63, 3.8) is 0 Å². The first-order valence-electron chi connectivity index (χ1n) is 13.2. The lowest BCUT2D eigenvalue weighted by atomic mass is 9.88. The molecule has 3 heteroatoms. The summed E-state index contributed by atoms with van der Waals surface area (Å²) < 4.78 is 12.6. The summed E-state index contributed by atoms with van der Waals surface area (Å²) in [6.07, 6.45) is 0. The van der Waals surface area contributed by atoms with Gasteiger partial charge >= 0.3 is 0 Å². The highest BCUT2D eigenvalue weighted by molar-refractivity contribution is 6.14. The van der Waals surface area contributed by atoms with Crippen molar-refractivity contribution < 1.29 is 8.83 Å². The van der Waals surface area contributed by atoms with Crippen molar-refractivity contribution in [3.8, 4) is 39.4 Å². The minimum atomic E-state index is 0.629. The van der Waals surface area contributed by atoms with Crippen LogP contribution in [-0.2, 0) is 0 Å². The van der Waals surface area contributed by atoms with Crippen LogP contribution < -0.4 is 0 Å². The lowest BCUT2D eigenvalue weighted by molar-refractivity contribution is 0.669. The summed E-state index contributed by atoms with van der Waals surface area (Å²) in [6, 6.07) is 45.4. The summed E-state index contributed by atoms with van der Waals surface area (Å²) in [4.78, 5) is 0. The molecule has 0 bridgehead atoms. The molecule has 0 radical (unpaired) electrons. The summed E-state index contributed by atoms with van der Waals surface area (Å²) in [5.74, 6) is 0. The molecule has 3 nitrogen and oxygen atoms in total. The third-order valence-electron chi connectivity index (χ3n) is 7.77. The van der Waals surface area contributed by atoms with E-state index in [-0.39, 0.29) is 0 Å². The van der Waals surface area contributed by atoms with E-state index in [0.717, 1.165) is 77.3 Å². The van der Waals surface area contributed by atoms with Crippen LogP contribution in [0.25, 0.3) is 77.3 Å². The Labute approximate surface area is 230 Å². The van der Waals surface area contributed by atoms with Crippen LogP contribution in [0.5, 0.6) is 0 Å². The van der Waals surface area contributed by atoms with Crippen molar-refractivity contribution in [3.05, 3.63) is 133 Å². The van der Waals surface area contributed by atoms with E-state index in [9.17, 15) is 5.26 Å². The van der Waals surface area contributed by atoms with Crippen LogP contribution in [0.2, 0.25) is 0 Å². The molecule has 0 saturated carbocycles. The van der Waals surface area contributed by atoms with Crippen molar-refractivity contribution >= 4 is 43.9 Å². The number of hydrogen-bond acceptors (Lipinski definition) is 3. The zero-order valence-corrected chi connectivity index (χ0v) is 21.4. The van der Waals surface area contributed by atoms with Gasteiger partial charge < -0.3 is 8.83 Å². The Hall–Kier alpha value is -5.59. The molecule has 0 fully saturated rings. The molecule has 0 amide bonds. The molecule has 8 aromatic rings. The molecule has 0 N–H and O–H groups in total. The van der Waals surface area contributed by atoms with E-state index in [1.165, 1.54) is 0 Å². The van der Waals surface area contributed by atoms with E-state index in [1.807, 2.05) is 72.8 Å². The molecular formula is C37H21NO2. The zero-order chi connectivity index (χ0) is 26.6. The Morgan fingerprint density at radius 3 is 1.98 bits per heavy atom. The molecule has 0 aliphatic rings. The molecule has 6 aromatic carbocycles. The molecule has 0 atom stereocenters. The highest BCUT2D eigenvalue weighted by Crippen LogP contribution is 2.43. The highest BCUT2D eigenvalue weighted by Gasteiger charge is 2.19. The predicted molar refractivity (Wildman–Crippen MR) is 162 cm³/mol. The average Bonchev–Trinajstić information content (AvgIpc) is 3.59. The van der Waals surface area contributed by atoms with Gasteiger partial charge in [0.05, 0.1) is 11.6 Å². The van der Waals surface area contributed by atoms with Gasteiger partial charge in [0.15, 0.2) is 0 Å². The molecule has 2 aromatic heterocycles. The average molecular weight is 512 g/mol. The van der Waals surface area contributed by atoms with Gasteiger partial charge in [-0.25, -0.2) is 0 Å². The third kappa shape index (κ3) is 3.30. The van der Waals surface area contributed by atoms with E-state index in [2.05, 4.69) is 60.7 Å². The molecule has 0 spiro atoms. The lowest BCUT2D eigenvalue weighted by Gasteiger charge is -2.15. The quantitative estimate of drug-likeness (QED) is 0.237. The van der Waals surface area contributed by atoms with E-state index in [4.69, 9.17) is 8.83 Å². The van der Waals surface area contributed by atoms with Gasteiger partial charge in [0.2, 0.25) is 0 Å². The second-order valence-electron chi connectivity index (χ2n) is 9.98. The van der Waals surface area contributed by atoms with Crippen molar-refractivity contribution in [2.45, 2.75) is 0 Å². The van der Waals surface area contributed by atoms with E-state index in [1.54, 1.807) is 0 Å². The Morgan fingerprint density at radius 1 is 0.450 bits per heavy atom. The van der Waals surface area contributed by atoms with Crippen LogP contribution >= 0.6 is 0 Å². The summed E-state index contributed by atoms with van der Waals surface area (Å²) in [5.41, 5.74) is 10.1. The fourth-order valence-corrected chi connectivity index (χ4v) is 5.96. The van der Waals surface area contributed by atoms with Crippen molar-refractivity contribution in [2.24, 2.45) is 0 Å². The number of fused-ring (bicyclic) bond motifs is 6. The van der Waals surface area contributed by atoms with Gasteiger partial charge in [-0.3, -0.25) is 0 Å². The fourth-order valence-electron chi connectivity index (χ4n) is 5.96. The van der Waals surface area contributed by atoms with Crippen LogP contribution in [0.4, 0.5) is 0 Å². The molecule has 0 saturated heterocycles. The molecule has 186 valence electrons. The number of nitrogens with zero attached hydrogens (tertiary/aromatic N) is 1. The lowest BCUT2D eigenvalue weighted by Crippen LogP contribution is -1.91. The van der Waals surface area contributed by atoms with Crippen LogP contribution in [0.15, 0.2) is 136 Å². The van der Waals surface area contributed by atoms with Gasteiger partial charge in [-0.1, -0.05) is 97.1 Å². The Bertz CT molecular complexity index is 2290. The van der Waals surface area contributed by atoms with Crippen molar-refractivity contribution in [1.82, 2.24) is 0 Å². The molecular weight excluding hydrogens is 490 g/mol.